The van der Waals surface area contributed by atoms with Crippen LogP contribution in [0.5, 0.6) is 5.75 Å². The highest BCUT2D eigenvalue weighted by molar-refractivity contribution is 5.42. The minimum atomic E-state index is -0.0474. The summed E-state index contributed by atoms with van der Waals surface area (Å²) >= 11 is 0. The van der Waals surface area contributed by atoms with Gasteiger partial charge in [-0.1, -0.05) is 18.2 Å². The molecule has 3 unspecified atom stereocenters. The maximum absolute atomic E-state index is 10.0. The van der Waals surface area contributed by atoms with Crippen LogP contribution in [0.15, 0.2) is 24.3 Å². The van der Waals surface area contributed by atoms with Gasteiger partial charge in [-0.25, -0.2) is 0 Å². The van der Waals surface area contributed by atoms with Gasteiger partial charge in [0.15, 0.2) is 0 Å². The Balaban J connectivity index is 2.06. The maximum atomic E-state index is 10.0. The first-order chi connectivity index (χ1) is 7.76. The molecule has 2 fully saturated rings. The molecule has 2 bridgehead atoms. The number of nitrogens with two attached hydrogens (primary N) is 1. The molecule has 2 aliphatic heterocycles. The fourth-order valence-corrected chi connectivity index (χ4v) is 3.53. The molecule has 86 valence electrons. The van der Waals surface area contributed by atoms with Crippen LogP contribution in [0.25, 0.3) is 0 Å². The summed E-state index contributed by atoms with van der Waals surface area (Å²) in [7, 11) is 0. The smallest absolute Gasteiger partial charge is 0.119 e. The Labute approximate surface area is 95.7 Å². The van der Waals surface area contributed by atoms with Crippen molar-refractivity contribution < 1.29 is 5.11 Å². The van der Waals surface area contributed by atoms with E-state index in [1.54, 1.807) is 6.07 Å². The van der Waals surface area contributed by atoms with E-state index in [0.717, 1.165) is 12.0 Å². The third-order valence-electron chi connectivity index (χ3n) is 4.32. The number of phenolic OH excluding ortho intramolecular Hbond substituents is 1. The fourth-order valence-electron chi connectivity index (χ4n) is 3.53. The van der Waals surface area contributed by atoms with E-state index in [-0.39, 0.29) is 5.41 Å². The maximum Gasteiger partial charge on any atom is 0.119 e. The van der Waals surface area contributed by atoms with Crippen LogP contribution in [0, 0.1) is 0 Å². The van der Waals surface area contributed by atoms with Gasteiger partial charge in [-0.15, -0.1) is 0 Å². The molecule has 3 rings (SSSR count). The lowest BCUT2D eigenvalue weighted by atomic mass is 9.69. The second kappa shape index (κ2) is 3.47. The van der Waals surface area contributed by atoms with E-state index >= 15 is 0 Å². The summed E-state index contributed by atoms with van der Waals surface area (Å²) in [4.78, 5) is 0. The van der Waals surface area contributed by atoms with Crippen LogP contribution >= 0.6 is 0 Å². The van der Waals surface area contributed by atoms with Gasteiger partial charge in [0.05, 0.1) is 0 Å². The van der Waals surface area contributed by atoms with Crippen LogP contribution in [0.4, 0.5) is 0 Å². The number of aromatic hydroxyl groups is 1. The second-order valence-corrected chi connectivity index (χ2v) is 5.08. The Bertz CT molecular complexity index is 407. The van der Waals surface area contributed by atoms with E-state index in [1.807, 2.05) is 18.2 Å². The molecule has 16 heavy (non-hydrogen) atoms. The lowest BCUT2D eigenvalue weighted by Crippen LogP contribution is -2.45. The molecule has 0 aromatic heterocycles. The van der Waals surface area contributed by atoms with Crippen LogP contribution in [0.2, 0.25) is 0 Å². The number of benzene rings is 1. The summed E-state index contributed by atoms with van der Waals surface area (Å²) in [5.41, 5.74) is 6.98. The predicted octanol–water partition coefficient (Wildman–Crippen LogP) is 1.11. The quantitative estimate of drug-likeness (QED) is 0.697. The van der Waals surface area contributed by atoms with E-state index in [0.29, 0.717) is 24.4 Å². The van der Waals surface area contributed by atoms with Gasteiger partial charge in [-0.05, 0) is 25.3 Å². The van der Waals surface area contributed by atoms with Crippen molar-refractivity contribution in [1.82, 2.24) is 5.32 Å². The van der Waals surface area contributed by atoms with Gasteiger partial charge >= 0.3 is 0 Å². The largest absolute Gasteiger partial charge is 0.508 e. The highest BCUT2D eigenvalue weighted by Crippen LogP contribution is 2.47. The number of para-hydroxylation sites is 1. The van der Waals surface area contributed by atoms with Crippen molar-refractivity contribution in [2.45, 2.75) is 36.8 Å². The SMILES string of the molecule is NCC1(c2ccccc2O)CC2CCC1N2. The highest BCUT2D eigenvalue weighted by atomic mass is 16.3. The van der Waals surface area contributed by atoms with Crippen molar-refractivity contribution in [3.05, 3.63) is 29.8 Å². The van der Waals surface area contributed by atoms with Crippen molar-refractivity contribution in [3.63, 3.8) is 0 Å². The average molecular weight is 218 g/mol. The molecule has 2 saturated heterocycles. The van der Waals surface area contributed by atoms with Crippen LogP contribution in [0.3, 0.4) is 0 Å². The molecule has 4 N–H and O–H groups in total. The Kier molecular flexibility index (Phi) is 2.19. The monoisotopic (exact) mass is 218 g/mol. The minimum absolute atomic E-state index is 0.0474. The lowest BCUT2D eigenvalue weighted by molar-refractivity contribution is 0.325. The standard InChI is InChI=1S/C13H18N2O/c14-8-13(7-9-5-6-12(13)15-9)10-3-1-2-4-11(10)16/h1-4,9,12,15-16H,5-8,14H2. The van der Waals surface area contributed by atoms with Gasteiger partial charge in [0.25, 0.3) is 0 Å². The van der Waals surface area contributed by atoms with Gasteiger partial charge in [-0.3, -0.25) is 0 Å². The van der Waals surface area contributed by atoms with Crippen LogP contribution in [-0.4, -0.2) is 23.7 Å². The molecule has 0 aliphatic carbocycles. The molecule has 3 atom stereocenters. The number of rotatable bonds is 2. The van der Waals surface area contributed by atoms with E-state index in [9.17, 15) is 5.11 Å². The molecular weight excluding hydrogens is 200 g/mol. The zero-order chi connectivity index (χ0) is 11.2. The first-order valence-corrected chi connectivity index (χ1v) is 6.01. The van der Waals surface area contributed by atoms with Crippen molar-refractivity contribution in [2.75, 3.05) is 6.54 Å². The van der Waals surface area contributed by atoms with Crippen molar-refractivity contribution in [1.29, 1.82) is 0 Å². The number of phenols is 1. The molecule has 2 heterocycles. The fraction of sp³-hybridized carbons (Fsp3) is 0.538. The summed E-state index contributed by atoms with van der Waals surface area (Å²) in [5.74, 6) is 0.391. The normalized spacial score (nSPS) is 36.8. The highest BCUT2D eigenvalue weighted by Gasteiger charge is 2.51. The third kappa shape index (κ3) is 1.22. The Morgan fingerprint density at radius 1 is 1.38 bits per heavy atom. The summed E-state index contributed by atoms with van der Waals surface area (Å²) in [6.07, 6.45) is 3.49. The molecule has 1 aromatic carbocycles. The molecule has 3 nitrogen and oxygen atoms in total. The van der Waals surface area contributed by atoms with Crippen LogP contribution in [-0.2, 0) is 5.41 Å². The Morgan fingerprint density at radius 3 is 2.75 bits per heavy atom. The van der Waals surface area contributed by atoms with Crippen molar-refractivity contribution >= 4 is 0 Å². The molecule has 3 heteroatoms. The summed E-state index contributed by atoms with van der Waals surface area (Å²) < 4.78 is 0. The summed E-state index contributed by atoms with van der Waals surface area (Å²) in [6.45, 7) is 0.610. The number of hydrogen-bond acceptors (Lipinski definition) is 3. The van der Waals surface area contributed by atoms with Crippen molar-refractivity contribution in [2.24, 2.45) is 5.73 Å². The molecule has 0 saturated carbocycles. The second-order valence-electron chi connectivity index (χ2n) is 5.08. The zero-order valence-electron chi connectivity index (χ0n) is 9.32. The number of hydrogen-bond donors (Lipinski definition) is 3. The first-order valence-electron chi connectivity index (χ1n) is 6.01. The summed E-state index contributed by atoms with van der Waals surface area (Å²) in [5, 5.41) is 13.6. The molecule has 0 amide bonds. The predicted molar refractivity (Wildman–Crippen MR) is 63.4 cm³/mol. The van der Waals surface area contributed by atoms with Gasteiger partial charge in [0.1, 0.15) is 5.75 Å². The lowest BCUT2D eigenvalue weighted by Gasteiger charge is -2.36. The topological polar surface area (TPSA) is 58.3 Å². The summed E-state index contributed by atoms with van der Waals surface area (Å²) in [6, 6.07) is 8.66. The Hall–Kier alpha value is -1.06. The number of fused-ring (bicyclic) bond motifs is 2. The van der Waals surface area contributed by atoms with Gasteiger partial charge < -0.3 is 16.2 Å². The molecular formula is C13H18N2O. The van der Waals surface area contributed by atoms with E-state index in [2.05, 4.69) is 5.32 Å². The third-order valence-corrected chi connectivity index (χ3v) is 4.32. The van der Waals surface area contributed by atoms with E-state index < -0.39 is 0 Å². The van der Waals surface area contributed by atoms with Crippen LogP contribution < -0.4 is 11.1 Å². The molecule has 0 radical (unpaired) electrons. The average Bonchev–Trinajstić information content (AvgIpc) is 2.90. The number of nitrogens with one attached hydrogen (secondary N) is 1. The van der Waals surface area contributed by atoms with Gasteiger partial charge in [0.2, 0.25) is 0 Å². The first kappa shape index (κ1) is 10.1. The van der Waals surface area contributed by atoms with E-state index in [1.165, 1.54) is 12.8 Å². The molecule has 1 aromatic rings. The van der Waals surface area contributed by atoms with Gasteiger partial charge in [0, 0.05) is 29.6 Å². The van der Waals surface area contributed by atoms with Crippen LogP contribution in [0.1, 0.15) is 24.8 Å². The minimum Gasteiger partial charge on any atom is -0.508 e. The molecule has 2 aliphatic rings. The zero-order valence-corrected chi connectivity index (χ0v) is 9.32. The van der Waals surface area contributed by atoms with Gasteiger partial charge in [-0.2, -0.15) is 0 Å². The van der Waals surface area contributed by atoms with E-state index in [4.69, 9.17) is 5.73 Å². The van der Waals surface area contributed by atoms with Crippen molar-refractivity contribution in [3.8, 4) is 5.75 Å². The molecule has 0 spiro atoms. The Morgan fingerprint density at radius 2 is 2.19 bits per heavy atom.